The average molecular weight is 455 g/mol. The van der Waals surface area contributed by atoms with E-state index in [2.05, 4.69) is 16.0 Å². The van der Waals surface area contributed by atoms with Crippen molar-refractivity contribution in [2.45, 2.75) is 0 Å². The van der Waals surface area contributed by atoms with E-state index in [4.69, 9.17) is 24.4 Å². The van der Waals surface area contributed by atoms with Crippen LogP contribution in [0.25, 0.3) is 0 Å². The molecule has 0 aliphatic heterocycles. The van der Waals surface area contributed by atoms with Gasteiger partial charge >= 0.3 is 0 Å². The predicted molar refractivity (Wildman–Crippen MR) is 144 cm³/mol. The number of benzene rings is 4. The number of thiocarbonyl (C=S) groups is 2. The summed E-state index contributed by atoms with van der Waals surface area (Å²) in [5, 5.41) is 10.8. The monoisotopic (exact) mass is 454 g/mol. The van der Waals surface area contributed by atoms with Gasteiger partial charge in [0, 0.05) is 28.4 Å². The molecule has 0 saturated heterocycles. The normalized spacial score (nSPS) is 10.1. The van der Waals surface area contributed by atoms with Crippen molar-refractivity contribution in [1.29, 1.82) is 0 Å². The van der Waals surface area contributed by atoms with Gasteiger partial charge in [-0.3, -0.25) is 4.90 Å². The number of nitrogens with zero attached hydrogens (tertiary/aromatic N) is 1. The first kappa shape index (κ1) is 21.5. The Balaban J connectivity index is 1.51. The van der Waals surface area contributed by atoms with Crippen molar-refractivity contribution in [2.75, 3.05) is 20.9 Å². The molecule has 32 heavy (non-hydrogen) atoms. The van der Waals surface area contributed by atoms with Gasteiger partial charge in [0.1, 0.15) is 0 Å². The lowest BCUT2D eigenvalue weighted by Crippen LogP contribution is -2.30. The molecule has 0 bridgehead atoms. The van der Waals surface area contributed by atoms with E-state index < -0.39 is 0 Å². The largest absolute Gasteiger partial charge is 0.332 e. The van der Waals surface area contributed by atoms with Crippen molar-refractivity contribution in [3.05, 3.63) is 115 Å². The Morgan fingerprint density at radius 3 is 1.41 bits per heavy atom. The van der Waals surface area contributed by atoms with Crippen LogP contribution in [-0.4, -0.2) is 10.2 Å². The van der Waals surface area contributed by atoms with Crippen LogP contribution in [0.5, 0.6) is 0 Å². The quantitative estimate of drug-likeness (QED) is 0.281. The zero-order valence-electron chi connectivity index (χ0n) is 17.2. The first-order valence-corrected chi connectivity index (χ1v) is 10.9. The predicted octanol–water partition coefficient (Wildman–Crippen LogP) is 7.03. The zero-order valence-corrected chi connectivity index (χ0v) is 18.9. The minimum absolute atomic E-state index is 0.533. The fourth-order valence-electron chi connectivity index (χ4n) is 3.17. The third-order valence-corrected chi connectivity index (χ3v) is 5.15. The fourth-order valence-corrected chi connectivity index (χ4v) is 3.73. The molecule has 6 heteroatoms. The number of hydrogen-bond donors (Lipinski definition) is 3. The summed E-state index contributed by atoms with van der Waals surface area (Å²) in [6.07, 6.45) is 0. The number of hydrogen-bond acceptors (Lipinski definition) is 2. The maximum Gasteiger partial charge on any atom is 0.182 e. The second kappa shape index (κ2) is 10.5. The lowest BCUT2D eigenvalue weighted by Gasteiger charge is -2.26. The van der Waals surface area contributed by atoms with E-state index in [1.807, 2.05) is 120 Å². The molecule has 0 aliphatic rings. The Morgan fingerprint density at radius 1 is 0.469 bits per heavy atom. The third kappa shape index (κ3) is 5.69. The number of para-hydroxylation sites is 3. The van der Waals surface area contributed by atoms with Crippen LogP contribution in [0.4, 0.5) is 28.4 Å². The van der Waals surface area contributed by atoms with Crippen LogP contribution < -0.4 is 20.9 Å². The number of nitrogens with one attached hydrogen (secondary N) is 3. The molecule has 4 aromatic rings. The summed E-state index contributed by atoms with van der Waals surface area (Å²) < 4.78 is 0. The molecule has 0 unspecified atom stereocenters. The molecule has 0 fully saturated rings. The highest BCUT2D eigenvalue weighted by Gasteiger charge is 2.15. The van der Waals surface area contributed by atoms with Crippen LogP contribution in [0, 0.1) is 0 Å². The van der Waals surface area contributed by atoms with E-state index in [0.717, 1.165) is 28.4 Å². The minimum atomic E-state index is 0.533. The standard InChI is InChI=1S/C26H22N4S2/c31-25(27-20-10-4-1-5-11-20)28-22-16-18-24(19-17-22)30(23-14-8-3-9-15-23)26(32)29-21-12-6-2-7-13-21/h1-19H,(H,29,32)(H2,27,28,31). The molecule has 0 spiro atoms. The summed E-state index contributed by atoms with van der Waals surface area (Å²) in [6, 6.07) is 37.8. The van der Waals surface area contributed by atoms with Crippen molar-refractivity contribution in [3.63, 3.8) is 0 Å². The summed E-state index contributed by atoms with van der Waals surface area (Å²) >= 11 is 11.2. The van der Waals surface area contributed by atoms with E-state index in [0.29, 0.717) is 10.2 Å². The Bertz CT molecular complexity index is 1160. The van der Waals surface area contributed by atoms with E-state index in [-0.39, 0.29) is 0 Å². The van der Waals surface area contributed by atoms with Crippen LogP contribution in [0.15, 0.2) is 115 Å². The highest BCUT2D eigenvalue weighted by molar-refractivity contribution is 7.81. The molecule has 0 aromatic heterocycles. The third-order valence-electron chi connectivity index (χ3n) is 4.66. The summed E-state index contributed by atoms with van der Waals surface area (Å²) in [5.41, 5.74) is 4.68. The van der Waals surface area contributed by atoms with Gasteiger partial charge in [0.15, 0.2) is 10.2 Å². The van der Waals surface area contributed by atoms with Gasteiger partial charge in [0.2, 0.25) is 0 Å². The maximum atomic E-state index is 5.77. The SMILES string of the molecule is S=C(Nc1ccccc1)Nc1ccc(N(C(=S)Nc2ccccc2)c2ccccc2)cc1. The second-order valence-electron chi connectivity index (χ2n) is 6.96. The van der Waals surface area contributed by atoms with E-state index in [1.54, 1.807) is 0 Å². The van der Waals surface area contributed by atoms with Crippen LogP contribution in [0.1, 0.15) is 0 Å². The average Bonchev–Trinajstić information content (AvgIpc) is 2.82. The smallest absolute Gasteiger partial charge is 0.182 e. The maximum absolute atomic E-state index is 5.77. The molecule has 0 atom stereocenters. The molecule has 0 radical (unpaired) electrons. The molecule has 4 nitrogen and oxygen atoms in total. The summed E-state index contributed by atoms with van der Waals surface area (Å²) in [5.74, 6) is 0. The van der Waals surface area contributed by atoms with E-state index in [9.17, 15) is 0 Å². The number of anilines is 5. The Morgan fingerprint density at radius 2 is 0.875 bits per heavy atom. The van der Waals surface area contributed by atoms with Gasteiger partial charge in [-0.05, 0) is 85.1 Å². The summed E-state index contributed by atoms with van der Waals surface area (Å²) in [4.78, 5) is 2.01. The highest BCUT2D eigenvalue weighted by Crippen LogP contribution is 2.28. The van der Waals surface area contributed by atoms with Crippen LogP contribution in [-0.2, 0) is 0 Å². The van der Waals surface area contributed by atoms with Gasteiger partial charge in [0.25, 0.3) is 0 Å². The Hall–Kier alpha value is -3.74. The van der Waals surface area contributed by atoms with Crippen molar-refractivity contribution < 1.29 is 0 Å². The molecule has 3 N–H and O–H groups in total. The Kier molecular flexibility index (Phi) is 7.07. The molecule has 0 heterocycles. The fraction of sp³-hybridized carbons (Fsp3) is 0. The topological polar surface area (TPSA) is 39.3 Å². The van der Waals surface area contributed by atoms with Crippen LogP contribution in [0.3, 0.4) is 0 Å². The Labute approximate surface area is 198 Å². The van der Waals surface area contributed by atoms with Gasteiger partial charge in [-0.2, -0.15) is 0 Å². The summed E-state index contributed by atoms with van der Waals surface area (Å²) in [7, 11) is 0. The zero-order chi connectivity index (χ0) is 22.2. The van der Waals surface area contributed by atoms with Crippen LogP contribution in [0.2, 0.25) is 0 Å². The molecule has 0 saturated carbocycles. The van der Waals surface area contributed by atoms with Gasteiger partial charge in [0.05, 0.1) is 0 Å². The van der Waals surface area contributed by atoms with Crippen molar-refractivity contribution in [3.8, 4) is 0 Å². The molecular formula is C26H22N4S2. The first-order chi connectivity index (χ1) is 15.7. The van der Waals surface area contributed by atoms with Gasteiger partial charge in [-0.25, -0.2) is 0 Å². The lowest BCUT2D eigenvalue weighted by molar-refractivity contribution is 1.35. The van der Waals surface area contributed by atoms with Gasteiger partial charge in [-0.1, -0.05) is 54.6 Å². The molecular weight excluding hydrogens is 432 g/mol. The van der Waals surface area contributed by atoms with Crippen molar-refractivity contribution in [1.82, 2.24) is 0 Å². The highest BCUT2D eigenvalue weighted by atomic mass is 32.1. The minimum Gasteiger partial charge on any atom is -0.332 e. The number of rotatable bonds is 5. The van der Waals surface area contributed by atoms with Crippen molar-refractivity contribution >= 4 is 63.1 Å². The van der Waals surface area contributed by atoms with E-state index >= 15 is 0 Å². The molecule has 4 aromatic carbocycles. The molecule has 158 valence electrons. The molecule has 0 aliphatic carbocycles. The first-order valence-electron chi connectivity index (χ1n) is 10.1. The van der Waals surface area contributed by atoms with Crippen molar-refractivity contribution in [2.24, 2.45) is 0 Å². The van der Waals surface area contributed by atoms with Gasteiger partial charge in [-0.15, -0.1) is 0 Å². The molecule has 0 amide bonds. The second-order valence-corrected chi connectivity index (χ2v) is 7.75. The van der Waals surface area contributed by atoms with E-state index in [1.165, 1.54) is 0 Å². The van der Waals surface area contributed by atoms with Gasteiger partial charge < -0.3 is 16.0 Å². The summed E-state index contributed by atoms with van der Waals surface area (Å²) in [6.45, 7) is 0. The lowest BCUT2D eigenvalue weighted by atomic mass is 10.2. The molecule has 4 rings (SSSR count). The van der Waals surface area contributed by atoms with Crippen LogP contribution >= 0.6 is 24.4 Å².